The molecule has 3 aromatic rings. The van der Waals surface area contributed by atoms with Gasteiger partial charge < -0.3 is 9.42 Å². The number of benzene rings is 2. The molecule has 2 N–H and O–H groups in total. The van der Waals surface area contributed by atoms with E-state index in [0.29, 0.717) is 17.0 Å². The van der Waals surface area contributed by atoms with Gasteiger partial charge >= 0.3 is 0 Å². The number of nitrogens with one attached hydrogen (secondary N) is 2. The monoisotopic (exact) mass is 390 g/mol. The van der Waals surface area contributed by atoms with Crippen LogP contribution in [0.15, 0.2) is 59.1 Å². The number of carbonyl (C=O) groups excluding carboxylic acids is 2. The molecule has 0 radical (unpaired) electrons. The summed E-state index contributed by atoms with van der Waals surface area (Å²) in [6.45, 7) is 2.65. The van der Waals surface area contributed by atoms with Crippen LogP contribution in [0.3, 0.4) is 0 Å². The highest BCUT2D eigenvalue weighted by molar-refractivity contribution is 6.01. The molecule has 2 heterocycles. The predicted octanol–water partition coefficient (Wildman–Crippen LogP) is 2.86. The van der Waals surface area contributed by atoms with Crippen LogP contribution >= 0.6 is 0 Å². The molecule has 148 valence electrons. The largest absolute Gasteiger partial charge is 0.362 e. The Balaban J connectivity index is 1.41. The number of hydrogen-bond donors (Lipinski definition) is 2. The first kappa shape index (κ1) is 18.7. The Bertz CT molecular complexity index is 1030. The van der Waals surface area contributed by atoms with E-state index in [1.54, 1.807) is 6.92 Å². The number of hydrogen-bond acceptors (Lipinski definition) is 5. The van der Waals surface area contributed by atoms with Crippen LogP contribution in [0, 0.1) is 6.92 Å². The van der Waals surface area contributed by atoms with E-state index < -0.39 is 5.91 Å². The number of fused-ring (bicyclic) bond motifs is 1. The van der Waals surface area contributed by atoms with Crippen molar-refractivity contribution < 1.29 is 14.1 Å². The Hall–Kier alpha value is -3.61. The van der Waals surface area contributed by atoms with Crippen LogP contribution < -0.4 is 15.8 Å². The lowest BCUT2D eigenvalue weighted by atomic mass is 10.0. The standard InChI is InChI=1S/C22H22N4O3/c1-15-20(21(25-29-15)17-9-3-2-4-10-17)22(28)24-23-19(27)14-26-13-7-11-16-8-5-6-12-18(16)26/h2-6,8-10,12H,7,11,13-14H2,1H3,(H,23,27)(H,24,28). The minimum absolute atomic E-state index is 0.172. The molecule has 2 amide bonds. The van der Waals surface area contributed by atoms with Crippen LogP contribution in [0.2, 0.25) is 0 Å². The van der Waals surface area contributed by atoms with E-state index in [0.717, 1.165) is 30.6 Å². The Labute approximate surface area is 168 Å². The van der Waals surface area contributed by atoms with Crippen molar-refractivity contribution >= 4 is 17.5 Å². The number of para-hydroxylation sites is 1. The maximum atomic E-state index is 12.7. The smallest absolute Gasteiger partial charge is 0.275 e. The lowest BCUT2D eigenvalue weighted by Gasteiger charge is -2.30. The zero-order valence-corrected chi connectivity index (χ0v) is 16.1. The number of hydrazine groups is 1. The molecule has 0 unspecified atom stereocenters. The van der Waals surface area contributed by atoms with E-state index in [2.05, 4.69) is 22.1 Å². The molecule has 0 saturated heterocycles. The second-order valence-electron chi connectivity index (χ2n) is 6.98. The molecule has 4 rings (SSSR count). The van der Waals surface area contributed by atoms with Crippen molar-refractivity contribution in [3.05, 3.63) is 71.5 Å². The zero-order valence-electron chi connectivity index (χ0n) is 16.1. The number of aryl methyl sites for hydroxylation is 2. The molecule has 7 heteroatoms. The van der Waals surface area contributed by atoms with Crippen molar-refractivity contribution in [2.24, 2.45) is 0 Å². The molecule has 1 aromatic heterocycles. The third-order valence-electron chi connectivity index (χ3n) is 4.99. The fourth-order valence-corrected chi connectivity index (χ4v) is 3.61. The molecule has 7 nitrogen and oxygen atoms in total. The van der Waals surface area contributed by atoms with E-state index >= 15 is 0 Å². The van der Waals surface area contributed by atoms with E-state index in [-0.39, 0.29) is 12.5 Å². The van der Waals surface area contributed by atoms with Crippen LogP contribution in [0.1, 0.15) is 28.1 Å². The predicted molar refractivity (Wildman–Crippen MR) is 109 cm³/mol. The normalized spacial score (nSPS) is 12.9. The van der Waals surface area contributed by atoms with Gasteiger partial charge in [0.25, 0.3) is 11.8 Å². The number of amides is 2. The molecule has 0 atom stereocenters. The molecule has 2 aromatic carbocycles. The average Bonchev–Trinajstić information content (AvgIpc) is 3.14. The van der Waals surface area contributed by atoms with Crippen molar-refractivity contribution in [1.82, 2.24) is 16.0 Å². The van der Waals surface area contributed by atoms with Gasteiger partial charge in [-0.15, -0.1) is 0 Å². The number of carbonyl (C=O) groups is 2. The van der Waals surface area contributed by atoms with Crippen molar-refractivity contribution in [3.8, 4) is 11.3 Å². The molecular formula is C22H22N4O3. The lowest BCUT2D eigenvalue weighted by Crippen LogP contribution is -2.47. The number of rotatable bonds is 4. The van der Waals surface area contributed by atoms with Gasteiger partial charge in [-0.1, -0.05) is 53.7 Å². The van der Waals surface area contributed by atoms with E-state index in [4.69, 9.17) is 4.52 Å². The maximum absolute atomic E-state index is 12.7. The highest BCUT2D eigenvalue weighted by Gasteiger charge is 2.23. The molecular weight excluding hydrogens is 368 g/mol. The van der Waals surface area contributed by atoms with Gasteiger partial charge in [0, 0.05) is 17.8 Å². The maximum Gasteiger partial charge on any atom is 0.275 e. The quantitative estimate of drug-likeness (QED) is 0.669. The molecule has 1 aliphatic rings. The summed E-state index contributed by atoms with van der Waals surface area (Å²) in [6, 6.07) is 17.4. The highest BCUT2D eigenvalue weighted by Crippen LogP contribution is 2.26. The minimum atomic E-state index is -0.463. The number of aromatic nitrogens is 1. The molecule has 0 saturated carbocycles. The average molecular weight is 390 g/mol. The van der Waals surface area contributed by atoms with Gasteiger partial charge in [0.15, 0.2) is 0 Å². The van der Waals surface area contributed by atoms with Gasteiger partial charge in [0.1, 0.15) is 17.0 Å². The number of nitrogens with zero attached hydrogens (tertiary/aromatic N) is 2. The molecule has 0 aliphatic carbocycles. The van der Waals surface area contributed by atoms with Gasteiger partial charge in [0.2, 0.25) is 0 Å². The summed E-state index contributed by atoms with van der Waals surface area (Å²) in [7, 11) is 0. The van der Waals surface area contributed by atoms with Crippen LogP contribution in [0.4, 0.5) is 5.69 Å². The van der Waals surface area contributed by atoms with Crippen molar-refractivity contribution in [2.45, 2.75) is 19.8 Å². The van der Waals surface area contributed by atoms with Crippen molar-refractivity contribution in [2.75, 3.05) is 18.0 Å². The van der Waals surface area contributed by atoms with Gasteiger partial charge in [-0.3, -0.25) is 20.4 Å². The fraction of sp³-hybridized carbons (Fsp3) is 0.227. The van der Waals surface area contributed by atoms with Gasteiger partial charge in [-0.2, -0.15) is 0 Å². The topological polar surface area (TPSA) is 87.5 Å². The first-order chi connectivity index (χ1) is 14.1. The van der Waals surface area contributed by atoms with Gasteiger partial charge in [-0.05, 0) is 31.4 Å². The zero-order chi connectivity index (χ0) is 20.2. The summed E-state index contributed by atoms with van der Waals surface area (Å²) in [6.07, 6.45) is 2.01. The van der Waals surface area contributed by atoms with Crippen LogP contribution in [0.5, 0.6) is 0 Å². The molecule has 0 bridgehead atoms. The first-order valence-corrected chi connectivity index (χ1v) is 9.57. The highest BCUT2D eigenvalue weighted by atomic mass is 16.5. The lowest BCUT2D eigenvalue weighted by molar-refractivity contribution is -0.120. The second-order valence-corrected chi connectivity index (χ2v) is 6.98. The molecule has 1 aliphatic heterocycles. The van der Waals surface area contributed by atoms with Crippen LogP contribution in [-0.2, 0) is 11.2 Å². The van der Waals surface area contributed by atoms with Gasteiger partial charge in [0.05, 0.1) is 6.54 Å². The Kier molecular flexibility index (Phi) is 5.29. The summed E-state index contributed by atoms with van der Waals surface area (Å²) in [5.74, 6) is -0.360. The third-order valence-corrected chi connectivity index (χ3v) is 4.99. The SMILES string of the molecule is Cc1onc(-c2ccccc2)c1C(=O)NNC(=O)CN1CCCc2ccccc21. The van der Waals surface area contributed by atoms with E-state index in [1.165, 1.54) is 5.56 Å². The molecule has 0 spiro atoms. The van der Waals surface area contributed by atoms with E-state index in [1.807, 2.05) is 53.4 Å². The Morgan fingerprint density at radius 1 is 1.07 bits per heavy atom. The van der Waals surface area contributed by atoms with E-state index in [9.17, 15) is 9.59 Å². The Morgan fingerprint density at radius 2 is 1.83 bits per heavy atom. The van der Waals surface area contributed by atoms with Crippen LogP contribution in [0.25, 0.3) is 11.3 Å². The molecule has 29 heavy (non-hydrogen) atoms. The molecule has 0 fully saturated rings. The fourth-order valence-electron chi connectivity index (χ4n) is 3.61. The van der Waals surface area contributed by atoms with Crippen molar-refractivity contribution in [3.63, 3.8) is 0 Å². The van der Waals surface area contributed by atoms with Crippen molar-refractivity contribution in [1.29, 1.82) is 0 Å². The van der Waals surface area contributed by atoms with Gasteiger partial charge in [-0.25, -0.2) is 0 Å². The third kappa shape index (κ3) is 3.99. The summed E-state index contributed by atoms with van der Waals surface area (Å²) in [4.78, 5) is 27.1. The second kappa shape index (κ2) is 8.18. The first-order valence-electron chi connectivity index (χ1n) is 9.57. The minimum Gasteiger partial charge on any atom is -0.362 e. The van der Waals surface area contributed by atoms with Crippen LogP contribution in [-0.4, -0.2) is 30.1 Å². The summed E-state index contributed by atoms with van der Waals surface area (Å²) in [5, 5.41) is 4.00. The summed E-state index contributed by atoms with van der Waals surface area (Å²) < 4.78 is 5.21. The Morgan fingerprint density at radius 3 is 2.66 bits per heavy atom. The number of anilines is 1. The summed E-state index contributed by atoms with van der Waals surface area (Å²) >= 11 is 0. The summed E-state index contributed by atoms with van der Waals surface area (Å²) in [5.41, 5.74) is 8.82.